The predicted octanol–water partition coefficient (Wildman–Crippen LogP) is 3.44. The second-order valence-electron chi connectivity index (χ2n) is 5.35. The van der Waals surface area contributed by atoms with E-state index in [1.165, 1.54) is 6.07 Å². The molecule has 0 aliphatic carbocycles. The Balaban J connectivity index is 2.21. The van der Waals surface area contributed by atoms with Crippen LogP contribution >= 0.6 is 0 Å². The van der Waals surface area contributed by atoms with Crippen LogP contribution in [0.25, 0.3) is 21.5 Å². The number of aromatic carboxylic acids is 1. The number of hydrogen-bond donors (Lipinski definition) is 1. The Hall–Kier alpha value is -3.15. The zero-order chi connectivity index (χ0) is 16.8. The second kappa shape index (κ2) is 5.19. The highest BCUT2D eigenvalue weighted by Gasteiger charge is 2.24. The number of hydrogen-bond acceptors (Lipinski definition) is 5. The van der Waals surface area contributed by atoms with Crippen molar-refractivity contribution in [3.8, 4) is 23.0 Å². The fourth-order valence-electron chi connectivity index (χ4n) is 3.18. The van der Waals surface area contributed by atoms with Crippen LogP contribution in [0.2, 0.25) is 0 Å². The fraction of sp³-hybridized carbons (Fsp3) is 0.167. The maximum absolute atomic E-state index is 11.6. The Morgan fingerprint density at radius 2 is 1.79 bits per heavy atom. The third-order valence-corrected chi connectivity index (χ3v) is 4.20. The van der Waals surface area contributed by atoms with Gasteiger partial charge < -0.3 is 24.1 Å². The molecular weight excluding hydrogens is 312 g/mol. The number of benzene rings is 3. The van der Waals surface area contributed by atoms with E-state index in [0.717, 1.165) is 10.8 Å². The van der Waals surface area contributed by atoms with Gasteiger partial charge in [-0.2, -0.15) is 0 Å². The summed E-state index contributed by atoms with van der Waals surface area (Å²) in [5, 5.41) is 12.4. The van der Waals surface area contributed by atoms with Gasteiger partial charge in [-0.1, -0.05) is 6.07 Å². The molecule has 0 spiro atoms. The van der Waals surface area contributed by atoms with E-state index >= 15 is 0 Å². The van der Waals surface area contributed by atoms with Gasteiger partial charge in [-0.05, 0) is 29.7 Å². The van der Waals surface area contributed by atoms with E-state index in [0.29, 0.717) is 33.8 Å². The van der Waals surface area contributed by atoms with E-state index in [4.69, 9.17) is 18.9 Å². The van der Waals surface area contributed by atoms with Crippen molar-refractivity contribution >= 4 is 27.5 Å². The van der Waals surface area contributed by atoms with Crippen LogP contribution in [0.4, 0.5) is 0 Å². The maximum Gasteiger partial charge on any atom is 0.336 e. The molecule has 1 aliphatic rings. The summed E-state index contributed by atoms with van der Waals surface area (Å²) >= 11 is 0. The number of fused-ring (bicyclic) bond motifs is 5. The molecule has 0 radical (unpaired) electrons. The van der Waals surface area contributed by atoms with Crippen molar-refractivity contribution < 1.29 is 28.8 Å². The molecular formula is C18H14O6. The molecule has 0 bridgehead atoms. The van der Waals surface area contributed by atoms with Gasteiger partial charge in [-0.15, -0.1) is 0 Å². The van der Waals surface area contributed by atoms with Crippen molar-refractivity contribution in [1.82, 2.24) is 0 Å². The highest BCUT2D eigenvalue weighted by Crippen LogP contribution is 2.47. The van der Waals surface area contributed by atoms with Crippen LogP contribution in [0.5, 0.6) is 23.0 Å². The first kappa shape index (κ1) is 14.4. The van der Waals surface area contributed by atoms with E-state index in [2.05, 4.69) is 0 Å². The summed E-state index contributed by atoms with van der Waals surface area (Å²) in [6, 6.07) is 8.74. The second-order valence-corrected chi connectivity index (χ2v) is 5.35. The van der Waals surface area contributed by atoms with Gasteiger partial charge in [0.1, 0.15) is 0 Å². The van der Waals surface area contributed by atoms with E-state index in [1.807, 2.05) is 12.1 Å². The van der Waals surface area contributed by atoms with Crippen LogP contribution in [-0.2, 0) is 0 Å². The van der Waals surface area contributed by atoms with Crippen LogP contribution in [-0.4, -0.2) is 32.1 Å². The molecule has 0 unspecified atom stereocenters. The predicted molar refractivity (Wildman–Crippen MR) is 87.6 cm³/mol. The Morgan fingerprint density at radius 1 is 1.04 bits per heavy atom. The molecule has 122 valence electrons. The lowest BCUT2D eigenvalue weighted by Crippen LogP contribution is -1.99. The highest BCUT2D eigenvalue weighted by molar-refractivity contribution is 6.18. The molecule has 0 aromatic heterocycles. The van der Waals surface area contributed by atoms with Crippen molar-refractivity contribution in [3.63, 3.8) is 0 Å². The van der Waals surface area contributed by atoms with Gasteiger partial charge in [0.05, 0.1) is 19.8 Å². The Labute approximate surface area is 137 Å². The molecule has 0 fully saturated rings. The van der Waals surface area contributed by atoms with Crippen LogP contribution in [0.3, 0.4) is 0 Å². The smallest absolute Gasteiger partial charge is 0.336 e. The zero-order valence-electron chi connectivity index (χ0n) is 13.1. The van der Waals surface area contributed by atoms with Crippen molar-refractivity contribution in [1.29, 1.82) is 0 Å². The van der Waals surface area contributed by atoms with E-state index < -0.39 is 5.97 Å². The van der Waals surface area contributed by atoms with Crippen LogP contribution < -0.4 is 18.9 Å². The van der Waals surface area contributed by atoms with Gasteiger partial charge in [0.2, 0.25) is 6.79 Å². The maximum atomic E-state index is 11.6. The summed E-state index contributed by atoms with van der Waals surface area (Å²) in [5.74, 6) is 1.16. The minimum atomic E-state index is -1.02. The number of carbonyl (C=O) groups is 1. The molecule has 1 N–H and O–H groups in total. The lowest BCUT2D eigenvalue weighted by molar-refractivity contribution is 0.0698. The van der Waals surface area contributed by atoms with Crippen LogP contribution in [0.15, 0.2) is 30.3 Å². The van der Waals surface area contributed by atoms with Crippen molar-refractivity contribution in [2.75, 3.05) is 21.0 Å². The quantitative estimate of drug-likeness (QED) is 0.743. The summed E-state index contributed by atoms with van der Waals surface area (Å²) in [6.45, 7) is 0.0666. The summed E-state index contributed by atoms with van der Waals surface area (Å²) < 4.78 is 21.8. The standard InChI is InChI=1S/C18H14O6/c1-21-13-6-5-9-11(16(13)22-2)4-3-10-12(18(19)20)7-14-17(15(9)10)24-8-23-14/h3-7H,8H2,1-2H3,(H,19,20). The fourth-order valence-corrected chi connectivity index (χ4v) is 3.18. The van der Waals surface area contributed by atoms with Gasteiger partial charge in [-0.3, -0.25) is 0 Å². The highest BCUT2D eigenvalue weighted by atomic mass is 16.7. The summed E-state index contributed by atoms with van der Waals surface area (Å²) in [4.78, 5) is 11.6. The molecule has 24 heavy (non-hydrogen) atoms. The zero-order valence-corrected chi connectivity index (χ0v) is 13.1. The number of methoxy groups -OCH3 is 2. The minimum absolute atomic E-state index is 0.0666. The first-order chi connectivity index (χ1) is 11.7. The molecule has 4 rings (SSSR count). The normalized spacial score (nSPS) is 12.6. The third-order valence-electron chi connectivity index (χ3n) is 4.20. The van der Waals surface area contributed by atoms with Crippen LogP contribution in [0, 0.1) is 0 Å². The van der Waals surface area contributed by atoms with Crippen molar-refractivity contribution in [2.45, 2.75) is 0 Å². The van der Waals surface area contributed by atoms with Crippen LogP contribution in [0.1, 0.15) is 10.4 Å². The van der Waals surface area contributed by atoms with Gasteiger partial charge in [-0.25, -0.2) is 4.79 Å². The molecule has 3 aromatic rings. The molecule has 0 saturated heterocycles. The van der Waals surface area contributed by atoms with Crippen molar-refractivity contribution in [3.05, 3.63) is 35.9 Å². The number of ether oxygens (including phenoxy) is 4. The average Bonchev–Trinajstić information content (AvgIpc) is 3.07. The molecule has 3 aromatic carbocycles. The minimum Gasteiger partial charge on any atom is -0.493 e. The molecule has 0 saturated carbocycles. The Morgan fingerprint density at radius 3 is 2.50 bits per heavy atom. The molecule has 6 heteroatoms. The Bertz CT molecular complexity index is 992. The average molecular weight is 326 g/mol. The molecule has 1 heterocycles. The van der Waals surface area contributed by atoms with E-state index in [9.17, 15) is 9.90 Å². The van der Waals surface area contributed by atoms with E-state index in [-0.39, 0.29) is 12.4 Å². The summed E-state index contributed by atoms with van der Waals surface area (Å²) in [7, 11) is 3.14. The molecule has 1 aliphatic heterocycles. The van der Waals surface area contributed by atoms with Gasteiger partial charge in [0.15, 0.2) is 23.0 Å². The first-order valence-corrected chi connectivity index (χ1v) is 7.29. The molecule has 0 amide bonds. The molecule has 6 nitrogen and oxygen atoms in total. The topological polar surface area (TPSA) is 74.2 Å². The summed E-state index contributed by atoms with van der Waals surface area (Å²) in [6.07, 6.45) is 0. The van der Waals surface area contributed by atoms with Gasteiger partial charge in [0.25, 0.3) is 0 Å². The van der Waals surface area contributed by atoms with E-state index in [1.54, 1.807) is 26.4 Å². The lowest BCUT2D eigenvalue weighted by Gasteiger charge is -2.14. The third kappa shape index (κ3) is 1.86. The first-order valence-electron chi connectivity index (χ1n) is 7.29. The number of rotatable bonds is 3. The monoisotopic (exact) mass is 326 g/mol. The van der Waals surface area contributed by atoms with Gasteiger partial charge in [0, 0.05) is 16.2 Å². The lowest BCUT2D eigenvalue weighted by atomic mass is 9.96. The number of carboxylic acids is 1. The summed E-state index contributed by atoms with van der Waals surface area (Å²) in [5.41, 5.74) is 0.172. The number of carboxylic acid groups (broad SMARTS) is 1. The largest absolute Gasteiger partial charge is 0.493 e. The van der Waals surface area contributed by atoms with Crippen molar-refractivity contribution in [2.24, 2.45) is 0 Å². The molecule has 0 atom stereocenters. The van der Waals surface area contributed by atoms with Gasteiger partial charge >= 0.3 is 5.97 Å². The SMILES string of the molecule is COc1ccc2c(ccc3c(C(=O)O)cc4c(c32)OCO4)c1OC. The Kier molecular flexibility index (Phi) is 3.13.